The molecule has 2 atom stereocenters. The van der Waals surface area contributed by atoms with Gasteiger partial charge in [-0.2, -0.15) is 0 Å². The fourth-order valence-corrected chi connectivity index (χ4v) is 6.14. The molecular weight excluding hydrogens is 492 g/mol. The van der Waals surface area contributed by atoms with Crippen molar-refractivity contribution >= 4 is 41.0 Å². The number of anilines is 1. The van der Waals surface area contributed by atoms with Gasteiger partial charge in [0, 0.05) is 43.8 Å². The molecule has 3 aliphatic heterocycles. The molecule has 1 unspecified atom stereocenters. The van der Waals surface area contributed by atoms with Crippen LogP contribution in [0.3, 0.4) is 0 Å². The number of pyridine rings is 1. The summed E-state index contributed by atoms with van der Waals surface area (Å²) in [5.74, 6) is 0.575. The average molecular weight is 524 g/mol. The van der Waals surface area contributed by atoms with Crippen LogP contribution in [0.25, 0.3) is 16.8 Å². The molecule has 0 N–H and O–H groups in total. The smallest absolute Gasteiger partial charge is 0.221 e. The summed E-state index contributed by atoms with van der Waals surface area (Å²) in [7, 11) is 8.30. The van der Waals surface area contributed by atoms with Crippen LogP contribution in [-0.4, -0.2) is 75.6 Å². The number of hydrogen-bond acceptors (Lipinski definition) is 7. The number of aromatic nitrogens is 4. The first-order chi connectivity index (χ1) is 18.8. The van der Waals surface area contributed by atoms with Gasteiger partial charge in [-0.25, -0.2) is 14.1 Å². The largest absolute Gasteiger partial charge is 0.478 e. The van der Waals surface area contributed by atoms with Gasteiger partial charge in [0.25, 0.3) is 0 Å². The first-order valence-corrected chi connectivity index (χ1v) is 13.7. The number of rotatable bonds is 7. The third-order valence-electron chi connectivity index (χ3n) is 7.89. The molecular formula is C27H32B3FN6O2. The Hall–Kier alpha value is -3.40. The molecule has 1 fully saturated rings. The van der Waals surface area contributed by atoms with Crippen molar-refractivity contribution in [3.05, 3.63) is 65.2 Å². The highest BCUT2D eigenvalue weighted by atomic mass is 19.1. The molecule has 0 radical (unpaired) electrons. The van der Waals surface area contributed by atoms with Crippen LogP contribution in [0, 0.1) is 11.7 Å². The second-order valence-corrected chi connectivity index (χ2v) is 11.5. The first-order valence-electron chi connectivity index (χ1n) is 13.7. The third-order valence-corrected chi connectivity index (χ3v) is 7.89. The third kappa shape index (κ3) is 4.38. The lowest BCUT2D eigenvalue weighted by Gasteiger charge is -2.40. The summed E-state index contributed by atoms with van der Waals surface area (Å²) in [5, 5.41) is 8.64. The molecule has 39 heavy (non-hydrogen) atoms. The summed E-state index contributed by atoms with van der Waals surface area (Å²) in [5.41, 5.74) is 6.13. The van der Waals surface area contributed by atoms with Crippen LogP contribution in [-0.2, 0) is 21.6 Å². The molecule has 0 amide bonds. The van der Waals surface area contributed by atoms with Crippen LogP contribution >= 0.6 is 0 Å². The average Bonchev–Trinajstić information content (AvgIpc) is 3.60. The highest BCUT2D eigenvalue weighted by Gasteiger charge is 2.46. The zero-order valence-electron chi connectivity index (χ0n) is 23.2. The number of ether oxygens (including phenoxy) is 2. The van der Waals surface area contributed by atoms with Gasteiger partial charge in [-0.05, 0) is 37.8 Å². The van der Waals surface area contributed by atoms with E-state index in [0.717, 1.165) is 46.7 Å². The quantitative estimate of drug-likeness (QED) is 0.433. The fraction of sp³-hybridized carbons (Fsp3) is 0.407. The molecule has 1 aromatic carbocycles. The summed E-state index contributed by atoms with van der Waals surface area (Å²) >= 11 is 0. The Balaban J connectivity index is 1.57. The first kappa shape index (κ1) is 25.9. The van der Waals surface area contributed by atoms with E-state index in [4.69, 9.17) is 14.5 Å². The summed E-state index contributed by atoms with van der Waals surface area (Å²) in [6.45, 7) is 3.78. The maximum atomic E-state index is 15.5. The van der Waals surface area contributed by atoms with Crippen molar-refractivity contribution in [1.29, 1.82) is 0 Å². The molecule has 8 nitrogen and oxygen atoms in total. The van der Waals surface area contributed by atoms with Gasteiger partial charge in [-0.3, -0.25) is 4.98 Å². The van der Waals surface area contributed by atoms with Crippen molar-refractivity contribution in [2.75, 3.05) is 24.7 Å². The Morgan fingerprint density at radius 1 is 1.21 bits per heavy atom. The van der Waals surface area contributed by atoms with E-state index < -0.39 is 0 Å². The van der Waals surface area contributed by atoms with E-state index in [1.807, 2.05) is 43.2 Å². The standard InChI is InChI=1S/C27H32B3FN6O2/c1-3-39-26-21-20(14-33-26)37(23(15-8-10-38-11-9-15)17-6-4-5-7-18(17)31)19-12-16(13-32-22(19)21)24-25(27(28,29)30)34-35-36(24)2/h4-7,12-15,20,23H,3,8-11,28-30H2,1-2H3/t20?,23-/m0/s1. The van der Waals surface area contributed by atoms with Crippen molar-refractivity contribution in [2.45, 2.75) is 37.0 Å². The van der Waals surface area contributed by atoms with E-state index in [0.29, 0.717) is 31.3 Å². The number of nitrogens with zero attached hydrogens (tertiary/aromatic N) is 6. The molecule has 3 aromatic rings. The number of benzene rings is 1. The lowest BCUT2D eigenvalue weighted by Crippen LogP contribution is -2.41. The van der Waals surface area contributed by atoms with E-state index in [1.165, 1.54) is 0 Å². The van der Waals surface area contributed by atoms with Crippen molar-refractivity contribution in [2.24, 2.45) is 18.0 Å². The minimum Gasteiger partial charge on any atom is -0.478 e. The Labute approximate surface area is 230 Å². The van der Waals surface area contributed by atoms with Gasteiger partial charge >= 0.3 is 0 Å². The predicted octanol–water partition coefficient (Wildman–Crippen LogP) is 1.17. The summed E-state index contributed by atoms with van der Waals surface area (Å²) in [6.07, 6.45) is 5.49. The molecule has 1 saturated heterocycles. The highest BCUT2D eigenvalue weighted by Crippen LogP contribution is 2.51. The van der Waals surface area contributed by atoms with Gasteiger partial charge < -0.3 is 14.4 Å². The van der Waals surface area contributed by atoms with E-state index in [2.05, 4.69) is 49.8 Å². The maximum Gasteiger partial charge on any atom is 0.221 e. The fourth-order valence-electron chi connectivity index (χ4n) is 6.14. The summed E-state index contributed by atoms with van der Waals surface area (Å²) in [6, 6.07) is 8.85. The Kier molecular flexibility index (Phi) is 6.61. The van der Waals surface area contributed by atoms with Crippen molar-refractivity contribution in [3.63, 3.8) is 0 Å². The van der Waals surface area contributed by atoms with Crippen LogP contribution in [0.5, 0.6) is 0 Å². The molecule has 198 valence electrons. The Morgan fingerprint density at radius 3 is 2.69 bits per heavy atom. The Bertz CT molecular complexity index is 1460. The van der Waals surface area contributed by atoms with Gasteiger partial charge in [0.1, 0.15) is 5.82 Å². The Morgan fingerprint density at radius 2 is 1.97 bits per heavy atom. The molecule has 0 aliphatic carbocycles. The number of hydrogen-bond donors (Lipinski definition) is 0. The molecule has 0 saturated carbocycles. The normalized spacial score (nSPS) is 19.9. The number of aliphatic imine (C=N–C) groups is 1. The van der Waals surface area contributed by atoms with E-state index >= 15 is 4.39 Å². The van der Waals surface area contributed by atoms with Gasteiger partial charge in [0.05, 0.1) is 70.6 Å². The zero-order chi connectivity index (χ0) is 27.3. The molecule has 5 heterocycles. The van der Waals surface area contributed by atoms with Crippen LogP contribution in [0.4, 0.5) is 10.1 Å². The summed E-state index contributed by atoms with van der Waals surface area (Å²) in [4.78, 5) is 12.0. The van der Waals surface area contributed by atoms with Crippen LogP contribution in [0.2, 0.25) is 0 Å². The van der Waals surface area contributed by atoms with Crippen LogP contribution in [0.1, 0.15) is 42.8 Å². The lowest BCUT2D eigenvalue weighted by atomic mass is 9.41. The van der Waals surface area contributed by atoms with Gasteiger partial charge in [-0.15, -0.1) is 5.10 Å². The molecule has 0 spiro atoms. The molecule has 0 bridgehead atoms. The topological polar surface area (TPSA) is 77.7 Å². The number of aryl methyl sites for hydroxylation is 1. The molecule has 2 aromatic heterocycles. The number of halogens is 1. The zero-order valence-corrected chi connectivity index (χ0v) is 23.2. The summed E-state index contributed by atoms with van der Waals surface area (Å²) < 4.78 is 29.0. The molecule has 3 aliphatic rings. The second kappa shape index (κ2) is 9.97. The van der Waals surface area contributed by atoms with Crippen LogP contribution < -0.4 is 4.90 Å². The van der Waals surface area contributed by atoms with E-state index in [-0.39, 0.29) is 28.9 Å². The maximum absolute atomic E-state index is 15.5. The number of fused-ring (bicyclic) bond motifs is 3. The monoisotopic (exact) mass is 524 g/mol. The van der Waals surface area contributed by atoms with Crippen molar-refractivity contribution in [3.8, 4) is 11.3 Å². The SMILES string of the molecule is BC(B)(B)c1nnn(C)c1-c1cnc2c(c1)N([C@H](c1ccccc1F)C1CCOCC1)C1C=NC(OCC)=C21. The van der Waals surface area contributed by atoms with Crippen molar-refractivity contribution in [1.82, 2.24) is 20.0 Å². The van der Waals surface area contributed by atoms with Gasteiger partial charge in [0.2, 0.25) is 5.88 Å². The minimum absolute atomic E-state index is 0.194. The molecule has 12 heteroatoms. The van der Waals surface area contributed by atoms with E-state index in [9.17, 15) is 0 Å². The van der Waals surface area contributed by atoms with Crippen LogP contribution in [0.15, 0.2) is 47.4 Å². The molecule has 6 rings (SSSR count). The highest BCUT2D eigenvalue weighted by molar-refractivity contribution is 6.59. The van der Waals surface area contributed by atoms with Crippen molar-refractivity contribution < 1.29 is 13.9 Å². The van der Waals surface area contributed by atoms with Gasteiger partial charge in [-0.1, -0.05) is 28.5 Å². The lowest BCUT2D eigenvalue weighted by molar-refractivity contribution is 0.0569. The van der Waals surface area contributed by atoms with E-state index in [1.54, 1.807) is 12.1 Å². The predicted molar refractivity (Wildman–Crippen MR) is 158 cm³/mol. The second-order valence-electron chi connectivity index (χ2n) is 11.5. The van der Waals surface area contributed by atoms with Gasteiger partial charge in [0.15, 0.2) is 0 Å². The minimum atomic E-state index is -0.229.